The number of hydrogen-bond acceptors (Lipinski definition) is 4. The zero-order valence-corrected chi connectivity index (χ0v) is 14.2. The highest BCUT2D eigenvalue weighted by Crippen LogP contribution is 2.33. The summed E-state index contributed by atoms with van der Waals surface area (Å²) in [5.74, 6) is 0.669. The molecular formula is C22H18N4. The van der Waals surface area contributed by atoms with Gasteiger partial charge in [0, 0.05) is 41.8 Å². The first-order valence-corrected chi connectivity index (χ1v) is 8.47. The Morgan fingerprint density at radius 1 is 0.692 bits per heavy atom. The molecule has 2 N–H and O–H groups in total. The van der Waals surface area contributed by atoms with Crippen molar-refractivity contribution >= 4 is 0 Å². The number of nitrogens with two attached hydrogens (primary N) is 1. The number of pyridine rings is 1. The molecule has 2 heterocycles. The minimum Gasteiger partial charge on any atom is -0.326 e. The lowest BCUT2D eigenvalue weighted by atomic mass is 9.97. The summed E-state index contributed by atoms with van der Waals surface area (Å²) >= 11 is 0. The summed E-state index contributed by atoms with van der Waals surface area (Å²) in [6, 6.07) is 22.4. The maximum Gasteiger partial charge on any atom is 0.160 e. The molecule has 0 aliphatic heterocycles. The Labute approximate surface area is 152 Å². The van der Waals surface area contributed by atoms with E-state index >= 15 is 0 Å². The Morgan fingerprint density at radius 2 is 1.42 bits per heavy atom. The molecule has 26 heavy (non-hydrogen) atoms. The van der Waals surface area contributed by atoms with E-state index in [9.17, 15) is 0 Å². The van der Waals surface area contributed by atoms with Gasteiger partial charge in [0.15, 0.2) is 5.82 Å². The average Bonchev–Trinajstić information content (AvgIpc) is 2.75. The molecule has 0 saturated heterocycles. The van der Waals surface area contributed by atoms with E-state index in [0.29, 0.717) is 12.4 Å². The maximum atomic E-state index is 5.71. The fourth-order valence-corrected chi connectivity index (χ4v) is 2.90. The highest BCUT2D eigenvalue weighted by Gasteiger charge is 2.12. The number of aromatic nitrogens is 3. The van der Waals surface area contributed by atoms with Crippen LogP contribution in [-0.2, 0) is 6.54 Å². The first-order chi connectivity index (χ1) is 12.8. The van der Waals surface area contributed by atoms with Crippen LogP contribution in [0.1, 0.15) is 5.56 Å². The summed E-state index contributed by atoms with van der Waals surface area (Å²) in [7, 11) is 0. The zero-order chi connectivity index (χ0) is 17.8. The lowest BCUT2D eigenvalue weighted by Gasteiger charge is -2.12. The molecule has 0 unspecified atom stereocenters. The Hall–Kier alpha value is -3.37. The first kappa shape index (κ1) is 16.1. The van der Waals surface area contributed by atoms with E-state index in [-0.39, 0.29) is 0 Å². The van der Waals surface area contributed by atoms with E-state index in [1.165, 1.54) is 0 Å². The van der Waals surface area contributed by atoms with Gasteiger partial charge in [0.25, 0.3) is 0 Å². The molecule has 0 fully saturated rings. The number of hydrogen-bond donors (Lipinski definition) is 1. The summed E-state index contributed by atoms with van der Waals surface area (Å²) in [5.41, 5.74) is 11.9. The van der Waals surface area contributed by atoms with Gasteiger partial charge in [0.1, 0.15) is 0 Å². The lowest BCUT2D eigenvalue weighted by molar-refractivity contribution is 1.07. The molecule has 2 aromatic heterocycles. The van der Waals surface area contributed by atoms with Gasteiger partial charge in [-0.05, 0) is 23.3 Å². The second-order valence-corrected chi connectivity index (χ2v) is 5.96. The zero-order valence-electron chi connectivity index (χ0n) is 14.2. The monoisotopic (exact) mass is 338 g/mol. The highest BCUT2D eigenvalue weighted by molar-refractivity contribution is 5.83. The first-order valence-electron chi connectivity index (χ1n) is 8.47. The van der Waals surface area contributed by atoms with E-state index in [1.807, 2.05) is 42.6 Å². The lowest BCUT2D eigenvalue weighted by Crippen LogP contribution is -1.96. The van der Waals surface area contributed by atoms with Crippen LogP contribution in [0.4, 0.5) is 0 Å². The molecule has 4 aromatic rings. The number of rotatable bonds is 4. The molecule has 0 saturated carbocycles. The van der Waals surface area contributed by atoms with Crippen molar-refractivity contribution in [2.75, 3.05) is 0 Å². The smallest absolute Gasteiger partial charge is 0.160 e. The second kappa shape index (κ2) is 7.25. The van der Waals surface area contributed by atoms with E-state index in [4.69, 9.17) is 10.7 Å². The van der Waals surface area contributed by atoms with Gasteiger partial charge in [-0.3, -0.25) is 4.98 Å². The van der Waals surface area contributed by atoms with Crippen LogP contribution in [0.5, 0.6) is 0 Å². The van der Waals surface area contributed by atoms with Gasteiger partial charge in [-0.1, -0.05) is 54.6 Å². The Balaban J connectivity index is 1.88. The topological polar surface area (TPSA) is 64.7 Å². The highest BCUT2D eigenvalue weighted by atomic mass is 14.9. The minimum absolute atomic E-state index is 0.531. The van der Waals surface area contributed by atoms with Crippen LogP contribution in [0, 0.1) is 0 Å². The van der Waals surface area contributed by atoms with Crippen molar-refractivity contribution in [3.8, 4) is 33.8 Å². The number of nitrogens with zero attached hydrogens (tertiary/aromatic N) is 3. The Kier molecular flexibility index (Phi) is 4.50. The standard InChI is InChI=1S/C22H18N4/c23-14-16-7-9-18(10-8-16)21-20(17-5-2-1-3-6-17)13-19(15-26-21)22-24-11-4-12-25-22/h1-13,15H,14,23H2. The van der Waals surface area contributed by atoms with E-state index in [1.54, 1.807) is 12.4 Å². The maximum absolute atomic E-state index is 5.71. The van der Waals surface area contributed by atoms with Crippen molar-refractivity contribution in [1.82, 2.24) is 15.0 Å². The largest absolute Gasteiger partial charge is 0.326 e. The van der Waals surface area contributed by atoms with Gasteiger partial charge >= 0.3 is 0 Å². The molecule has 0 aliphatic carbocycles. The number of benzene rings is 2. The Morgan fingerprint density at radius 3 is 2.12 bits per heavy atom. The van der Waals surface area contributed by atoms with Crippen molar-refractivity contribution in [2.45, 2.75) is 6.54 Å². The van der Waals surface area contributed by atoms with Crippen molar-refractivity contribution in [1.29, 1.82) is 0 Å². The van der Waals surface area contributed by atoms with E-state index in [2.05, 4.69) is 40.3 Å². The molecule has 126 valence electrons. The molecule has 2 aromatic carbocycles. The normalized spacial score (nSPS) is 10.7. The summed E-state index contributed by atoms with van der Waals surface area (Å²) in [4.78, 5) is 13.4. The third-order valence-electron chi connectivity index (χ3n) is 4.26. The SMILES string of the molecule is NCc1ccc(-c2ncc(-c3ncccn3)cc2-c2ccccc2)cc1. The second-order valence-electron chi connectivity index (χ2n) is 5.96. The summed E-state index contributed by atoms with van der Waals surface area (Å²) in [5, 5.41) is 0. The molecule has 0 bridgehead atoms. The van der Waals surface area contributed by atoms with E-state index in [0.717, 1.165) is 33.5 Å². The molecule has 4 heteroatoms. The molecule has 0 atom stereocenters. The molecule has 0 radical (unpaired) electrons. The van der Waals surface area contributed by atoms with Crippen LogP contribution in [0.2, 0.25) is 0 Å². The van der Waals surface area contributed by atoms with Crippen LogP contribution >= 0.6 is 0 Å². The van der Waals surface area contributed by atoms with Crippen LogP contribution in [0.15, 0.2) is 85.3 Å². The van der Waals surface area contributed by atoms with Crippen LogP contribution in [0.25, 0.3) is 33.8 Å². The molecule has 4 rings (SSSR count). The van der Waals surface area contributed by atoms with Gasteiger partial charge in [0.05, 0.1) is 5.69 Å². The van der Waals surface area contributed by atoms with Crippen molar-refractivity contribution in [2.24, 2.45) is 5.73 Å². The van der Waals surface area contributed by atoms with Crippen molar-refractivity contribution in [3.05, 3.63) is 90.9 Å². The third-order valence-corrected chi connectivity index (χ3v) is 4.26. The van der Waals surface area contributed by atoms with Crippen LogP contribution in [0.3, 0.4) is 0 Å². The fourth-order valence-electron chi connectivity index (χ4n) is 2.90. The predicted molar refractivity (Wildman–Crippen MR) is 104 cm³/mol. The fraction of sp³-hybridized carbons (Fsp3) is 0.0455. The summed E-state index contributed by atoms with van der Waals surface area (Å²) in [6.45, 7) is 0.531. The van der Waals surface area contributed by atoms with Gasteiger partial charge in [-0.25, -0.2) is 9.97 Å². The van der Waals surface area contributed by atoms with Crippen LogP contribution < -0.4 is 5.73 Å². The van der Waals surface area contributed by atoms with Gasteiger partial charge in [-0.2, -0.15) is 0 Å². The molecule has 4 nitrogen and oxygen atoms in total. The quantitative estimate of drug-likeness (QED) is 0.601. The van der Waals surface area contributed by atoms with Crippen LogP contribution in [-0.4, -0.2) is 15.0 Å². The molecular weight excluding hydrogens is 320 g/mol. The molecule has 0 aliphatic rings. The van der Waals surface area contributed by atoms with E-state index < -0.39 is 0 Å². The molecule has 0 amide bonds. The van der Waals surface area contributed by atoms with Gasteiger partial charge < -0.3 is 5.73 Å². The van der Waals surface area contributed by atoms with Gasteiger partial charge in [-0.15, -0.1) is 0 Å². The minimum atomic E-state index is 0.531. The van der Waals surface area contributed by atoms with Crippen molar-refractivity contribution < 1.29 is 0 Å². The summed E-state index contributed by atoms with van der Waals surface area (Å²) in [6.07, 6.45) is 5.31. The third kappa shape index (κ3) is 3.23. The van der Waals surface area contributed by atoms with Gasteiger partial charge in [0.2, 0.25) is 0 Å². The summed E-state index contributed by atoms with van der Waals surface area (Å²) < 4.78 is 0. The Bertz CT molecular complexity index is 997. The average molecular weight is 338 g/mol. The molecule has 0 spiro atoms. The van der Waals surface area contributed by atoms with Crippen molar-refractivity contribution in [3.63, 3.8) is 0 Å². The predicted octanol–water partition coefficient (Wildman–Crippen LogP) is 4.33.